The van der Waals surface area contributed by atoms with Gasteiger partial charge in [0, 0.05) is 12.8 Å². The van der Waals surface area contributed by atoms with Crippen molar-refractivity contribution in [2.45, 2.75) is 60.3 Å². The van der Waals surface area contributed by atoms with Crippen molar-refractivity contribution in [1.29, 1.82) is 0 Å². The largest absolute Gasteiger partial charge is 0.478 e. The number of hydrogen-bond acceptors (Lipinski definition) is 6. The van der Waals surface area contributed by atoms with Crippen LogP contribution in [0, 0.1) is 18.3 Å². The molecule has 1 rings (SSSR count). The Bertz CT molecular complexity index is 578. The van der Waals surface area contributed by atoms with Crippen LogP contribution in [0.5, 0.6) is 0 Å². The topological polar surface area (TPSA) is 136 Å². The van der Waals surface area contributed by atoms with Gasteiger partial charge >= 0.3 is 5.97 Å². The third-order valence-electron chi connectivity index (χ3n) is 4.34. The summed E-state index contributed by atoms with van der Waals surface area (Å²) in [5.41, 5.74) is 0. The van der Waals surface area contributed by atoms with E-state index in [0.29, 0.717) is 0 Å². The Hall–Kier alpha value is -1.19. The summed E-state index contributed by atoms with van der Waals surface area (Å²) < 4.78 is 3.68. The van der Waals surface area contributed by atoms with E-state index in [4.69, 9.17) is 11.2 Å². The minimum absolute atomic E-state index is 0.00801. The van der Waals surface area contributed by atoms with E-state index in [1.807, 2.05) is 0 Å². The number of aliphatic carboxylic acids is 1. The third-order valence-corrected chi connectivity index (χ3v) is 5.78. The summed E-state index contributed by atoms with van der Waals surface area (Å²) >= 11 is 1.52. The van der Waals surface area contributed by atoms with Gasteiger partial charge in [-0.2, -0.15) is 0 Å². The van der Waals surface area contributed by atoms with Gasteiger partial charge in [0.1, 0.15) is 12.2 Å². The number of hydrogen-bond donors (Lipinski definition) is 5. The fourth-order valence-electron chi connectivity index (χ4n) is 2.83. The summed E-state index contributed by atoms with van der Waals surface area (Å²) in [6.45, 7) is 5.16. The molecule has 1 aliphatic rings. The maximum atomic E-state index is 12.1. The SMILES string of the molecule is C#CCCC(=O)N[C@@H]1C(O)C(C=C)[C@](I)(C(=O)O)OC1[C@H](O)[C@H](O)CC. The predicted octanol–water partition coefficient (Wildman–Crippen LogP) is -0.206. The van der Waals surface area contributed by atoms with E-state index in [2.05, 4.69) is 17.8 Å². The fraction of sp³-hybridized carbons (Fsp3) is 0.647. The van der Waals surface area contributed by atoms with Gasteiger partial charge in [-0.25, -0.2) is 4.79 Å². The van der Waals surface area contributed by atoms with Crippen LogP contribution in [0.1, 0.15) is 26.2 Å². The lowest BCUT2D eigenvalue weighted by molar-refractivity contribution is -0.210. The smallest absolute Gasteiger partial charge is 0.347 e. The Morgan fingerprint density at radius 1 is 1.50 bits per heavy atom. The van der Waals surface area contributed by atoms with Gasteiger partial charge < -0.3 is 30.5 Å². The quantitative estimate of drug-likeness (QED) is 0.140. The fourth-order valence-corrected chi connectivity index (χ4v) is 3.74. The molecule has 0 saturated carbocycles. The first-order chi connectivity index (χ1) is 12.1. The molecule has 1 amide bonds. The van der Waals surface area contributed by atoms with Crippen LogP contribution in [0.15, 0.2) is 12.7 Å². The molecule has 26 heavy (non-hydrogen) atoms. The Morgan fingerprint density at radius 2 is 2.12 bits per heavy atom. The van der Waals surface area contributed by atoms with E-state index in [0.717, 1.165) is 0 Å². The number of aliphatic hydroxyl groups excluding tert-OH is 3. The molecule has 5 N–H and O–H groups in total. The lowest BCUT2D eigenvalue weighted by Crippen LogP contribution is -2.69. The first kappa shape index (κ1) is 22.9. The number of ether oxygens (including phenoxy) is 1. The first-order valence-corrected chi connectivity index (χ1v) is 9.21. The number of rotatable bonds is 8. The van der Waals surface area contributed by atoms with Gasteiger partial charge in [-0.15, -0.1) is 18.9 Å². The van der Waals surface area contributed by atoms with Gasteiger partial charge in [0.2, 0.25) is 9.51 Å². The summed E-state index contributed by atoms with van der Waals surface area (Å²) in [6, 6.07) is -1.15. The zero-order chi connectivity index (χ0) is 20.1. The minimum Gasteiger partial charge on any atom is -0.478 e. The summed E-state index contributed by atoms with van der Waals surface area (Å²) in [5, 5.41) is 43.1. The van der Waals surface area contributed by atoms with Gasteiger partial charge in [0.25, 0.3) is 0 Å². The summed E-state index contributed by atoms with van der Waals surface area (Å²) in [7, 11) is 0. The molecular formula is C17H24INO7. The molecule has 0 aliphatic carbocycles. The lowest BCUT2D eigenvalue weighted by atomic mass is 9.82. The van der Waals surface area contributed by atoms with E-state index >= 15 is 0 Å². The van der Waals surface area contributed by atoms with Crippen molar-refractivity contribution >= 4 is 34.5 Å². The molecular weight excluding hydrogens is 457 g/mol. The molecule has 146 valence electrons. The molecule has 0 radical (unpaired) electrons. The zero-order valence-electron chi connectivity index (χ0n) is 14.3. The highest BCUT2D eigenvalue weighted by Crippen LogP contribution is 2.42. The van der Waals surface area contributed by atoms with Crippen molar-refractivity contribution in [3.05, 3.63) is 12.7 Å². The van der Waals surface area contributed by atoms with Crippen molar-refractivity contribution < 1.29 is 34.8 Å². The van der Waals surface area contributed by atoms with Crippen molar-refractivity contribution in [1.82, 2.24) is 5.32 Å². The highest BCUT2D eigenvalue weighted by molar-refractivity contribution is 14.1. The third kappa shape index (κ3) is 4.75. The highest BCUT2D eigenvalue weighted by Gasteiger charge is 2.58. The number of carboxylic acids is 1. The van der Waals surface area contributed by atoms with E-state index in [1.54, 1.807) is 6.92 Å². The number of halogens is 1. The number of carbonyl (C=O) groups is 2. The highest BCUT2D eigenvalue weighted by atomic mass is 127. The van der Waals surface area contributed by atoms with Crippen LogP contribution in [0.25, 0.3) is 0 Å². The number of carboxylic acid groups (broad SMARTS) is 1. The lowest BCUT2D eigenvalue weighted by Gasteiger charge is -2.48. The van der Waals surface area contributed by atoms with Crippen molar-refractivity contribution in [2.24, 2.45) is 5.92 Å². The van der Waals surface area contributed by atoms with Crippen molar-refractivity contribution in [3.8, 4) is 12.3 Å². The molecule has 0 aromatic carbocycles. The van der Waals surface area contributed by atoms with E-state index in [1.165, 1.54) is 28.7 Å². The van der Waals surface area contributed by atoms with Gasteiger partial charge in [0.15, 0.2) is 0 Å². The van der Waals surface area contributed by atoms with Gasteiger partial charge in [-0.3, -0.25) is 4.79 Å². The number of carbonyl (C=O) groups excluding carboxylic acids is 1. The van der Waals surface area contributed by atoms with Crippen LogP contribution >= 0.6 is 22.6 Å². The van der Waals surface area contributed by atoms with Crippen LogP contribution in [-0.4, -0.2) is 66.4 Å². The number of amides is 1. The van der Waals surface area contributed by atoms with Crippen LogP contribution < -0.4 is 5.32 Å². The first-order valence-electron chi connectivity index (χ1n) is 8.13. The molecule has 9 heteroatoms. The molecule has 1 saturated heterocycles. The van der Waals surface area contributed by atoms with Gasteiger partial charge in [-0.05, 0) is 29.0 Å². The molecule has 0 bridgehead atoms. The standard InChI is InChI=1S/C17H24INO7/c1-4-7-8-11(21)19-12-13(22)9(5-2)17(18,16(24)25)26-15(12)14(23)10(20)6-3/h1,5,9-10,12-15,20,22-23H,2,6-8H2,3H3,(H,19,21)(H,24,25)/t9?,10-,12-,13?,14-,15?,17-/m1/s1. The average molecular weight is 481 g/mol. The molecule has 7 atom stereocenters. The average Bonchev–Trinajstić information content (AvgIpc) is 2.60. The molecule has 0 aromatic heterocycles. The molecule has 1 fully saturated rings. The predicted molar refractivity (Wildman–Crippen MR) is 101 cm³/mol. The van der Waals surface area contributed by atoms with Crippen LogP contribution in [0.3, 0.4) is 0 Å². The minimum atomic E-state index is -1.92. The van der Waals surface area contributed by atoms with Gasteiger partial charge in [0.05, 0.1) is 24.2 Å². The molecule has 0 aromatic rings. The molecule has 8 nitrogen and oxygen atoms in total. The van der Waals surface area contributed by atoms with Crippen LogP contribution in [-0.2, 0) is 14.3 Å². The maximum Gasteiger partial charge on any atom is 0.347 e. The van der Waals surface area contributed by atoms with E-state index < -0.39 is 51.9 Å². The summed E-state index contributed by atoms with van der Waals surface area (Å²) in [5.74, 6) is -0.612. The van der Waals surface area contributed by atoms with Crippen LogP contribution in [0.4, 0.5) is 0 Å². The van der Waals surface area contributed by atoms with E-state index in [9.17, 15) is 30.0 Å². The number of terminal acetylenes is 1. The Labute approximate surface area is 165 Å². The molecule has 1 heterocycles. The second-order valence-electron chi connectivity index (χ2n) is 6.05. The molecule has 3 unspecified atom stereocenters. The molecule has 0 spiro atoms. The Kier molecular flexibility index (Phi) is 8.49. The Balaban J connectivity index is 3.23. The second kappa shape index (κ2) is 9.66. The van der Waals surface area contributed by atoms with Gasteiger partial charge in [-0.1, -0.05) is 13.0 Å². The molecule has 1 aliphatic heterocycles. The van der Waals surface area contributed by atoms with Crippen molar-refractivity contribution in [2.75, 3.05) is 0 Å². The Morgan fingerprint density at radius 3 is 2.58 bits per heavy atom. The second-order valence-corrected chi connectivity index (χ2v) is 7.65. The van der Waals surface area contributed by atoms with E-state index in [-0.39, 0.29) is 19.3 Å². The number of aliphatic hydroxyl groups is 3. The van der Waals surface area contributed by atoms with Crippen molar-refractivity contribution in [3.63, 3.8) is 0 Å². The number of alkyl halides is 1. The van der Waals surface area contributed by atoms with Crippen LogP contribution in [0.2, 0.25) is 0 Å². The zero-order valence-corrected chi connectivity index (χ0v) is 16.5. The number of nitrogens with one attached hydrogen (secondary N) is 1. The monoisotopic (exact) mass is 481 g/mol. The summed E-state index contributed by atoms with van der Waals surface area (Å²) in [6.07, 6.45) is 1.18. The maximum absolute atomic E-state index is 12.1. The summed E-state index contributed by atoms with van der Waals surface area (Å²) in [4.78, 5) is 23.8. The normalized spacial score (nSPS) is 33.5.